The molecule has 0 amide bonds. The Labute approximate surface area is 146 Å². The molecule has 0 spiro atoms. The van der Waals surface area contributed by atoms with E-state index < -0.39 is 0 Å². The first-order chi connectivity index (χ1) is 12.1. The quantitative estimate of drug-likeness (QED) is 0.565. The highest BCUT2D eigenvalue weighted by atomic mass is 16.3. The maximum Gasteiger partial charge on any atom is 0.188 e. The van der Waals surface area contributed by atoms with Gasteiger partial charge in [0.1, 0.15) is 5.71 Å². The highest BCUT2D eigenvalue weighted by Crippen LogP contribution is 2.17. The van der Waals surface area contributed by atoms with E-state index in [2.05, 4.69) is 10.3 Å². The number of benzene rings is 1. The summed E-state index contributed by atoms with van der Waals surface area (Å²) in [6, 6.07) is 7.33. The van der Waals surface area contributed by atoms with Crippen LogP contribution in [0.25, 0.3) is 0 Å². The Hall–Kier alpha value is -2.35. The molecule has 25 heavy (non-hydrogen) atoms. The minimum Gasteiger partial charge on any atom is -0.395 e. The van der Waals surface area contributed by atoms with Gasteiger partial charge in [0, 0.05) is 31.9 Å². The van der Waals surface area contributed by atoms with Crippen molar-refractivity contribution in [2.75, 3.05) is 44.7 Å². The summed E-state index contributed by atoms with van der Waals surface area (Å²) in [5, 5.41) is 21.2. The molecule has 0 aliphatic heterocycles. The van der Waals surface area contributed by atoms with Crippen LogP contribution in [-0.4, -0.2) is 71.8 Å². The van der Waals surface area contributed by atoms with Crippen LogP contribution >= 0.6 is 0 Å². The number of nitrogens with zero attached hydrogens (tertiary/aromatic N) is 2. The third kappa shape index (κ3) is 6.22. The van der Waals surface area contributed by atoms with Crippen LogP contribution in [0.5, 0.6) is 0 Å². The van der Waals surface area contributed by atoms with E-state index in [1.54, 1.807) is 12.1 Å². The van der Waals surface area contributed by atoms with Gasteiger partial charge in [-0.25, -0.2) is 4.99 Å². The van der Waals surface area contributed by atoms with Gasteiger partial charge in [-0.3, -0.25) is 14.5 Å². The Morgan fingerprint density at radius 3 is 2.28 bits per heavy atom. The van der Waals surface area contributed by atoms with Gasteiger partial charge in [0.05, 0.1) is 25.3 Å². The van der Waals surface area contributed by atoms with Gasteiger partial charge >= 0.3 is 0 Å². The number of allylic oxidation sites excluding steroid dienone is 2. The molecule has 0 fully saturated rings. The summed E-state index contributed by atoms with van der Waals surface area (Å²) in [6.07, 6.45) is 2.71. The van der Waals surface area contributed by atoms with E-state index in [-0.39, 0.29) is 31.2 Å². The minimum absolute atomic E-state index is 0.0633. The van der Waals surface area contributed by atoms with Crippen molar-refractivity contribution in [1.82, 2.24) is 4.90 Å². The molecule has 0 bridgehead atoms. The fourth-order valence-corrected chi connectivity index (χ4v) is 2.44. The predicted octanol–water partition coefficient (Wildman–Crippen LogP) is 0.556. The van der Waals surface area contributed by atoms with Gasteiger partial charge in [0.25, 0.3) is 0 Å². The molecule has 7 heteroatoms. The Morgan fingerprint density at radius 1 is 1.00 bits per heavy atom. The molecular formula is C18H23N3O4. The van der Waals surface area contributed by atoms with E-state index in [4.69, 9.17) is 10.2 Å². The average molecular weight is 345 g/mol. The van der Waals surface area contributed by atoms with E-state index in [0.29, 0.717) is 37.6 Å². The molecule has 2 rings (SSSR count). The fourth-order valence-electron chi connectivity index (χ4n) is 2.44. The van der Waals surface area contributed by atoms with Gasteiger partial charge in [0.2, 0.25) is 0 Å². The first-order valence-electron chi connectivity index (χ1n) is 8.23. The maximum atomic E-state index is 11.7. The van der Waals surface area contributed by atoms with Gasteiger partial charge < -0.3 is 15.5 Å². The molecule has 7 nitrogen and oxygen atoms in total. The second-order valence-electron chi connectivity index (χ2n) is 5.66. The highest BCUT2D eigenvalue weighted by Gasteiger charge is 2.17. The SMILES string of the molecule is O=C1C=CC(=Nc2ccc(NCCN(CCO)CCO)cc2)C(=O)C1. The lowest BCUT2D eigenvalue weighted by molar-refractivity contribution is -0.121. The van der Waals surface area contributed by atoms with Crippen LogP contribution in [0.15, 0.2) is 41.4 Å². The number of ketones is 2. The number of Topliss-reactive ketones (excluding diaryl/α,β-unsaturated/α-hetero) is 1. The van der Waals surface area contributed by atoms with Crippen molar-refractivity contribution in [3.05, 3.63) is 36.4 Å². The Balaban J connectivity index is 1.88. The van der Waals surface area contributed by atoms with Crippen molar-refractivity contribution >= 4 is 28.7 Å². The van der Waals surface area contributed by atoms with Gasteiger partial charge in [-0.05, 0) is 36.4 Å². The molecule has 0 aromatic heterocycles. The lowest BCUT2D eigenvalue weighted by atomic mass is 10.0. The van der Waals surface area contributed by atoms with Crippen LogP contribution < -0.4 is 5.32 Å². The van der Waals surface area contributed by atoms with Crippen LogP contribution in [0.1, 0.15) is 6.42 Å². The Bertz CT molecular complexity index is 647. The van der Waals surface area contributed by atoms with Gasteiger partial charge in [-0.2, -0.15) is 0 Å². The molecule has 0 saturated carbocycles. The van der Waals surface area contributed by atoms with Crippen LogP contribution in [0.4, 0.5) is 11.4 Å². The lowest BCUT2D eigenvalue weighted by Crippen LogP contribution is -2.34. The molecule has 1 aliphatic rings. The molecule has 0 saturated heterocycles. The Morgan fingerprint density at radius 2 is 1.68 bits per heavy atom. The number of aliphatic imine (C=N–C) groups is 1. The van der Waals surface area contributed by atoms with E-state index in [9.17, 15) is 9.59 Å². The minimum atomic E-state index is -0.262. The largest absolute Gasteiger partial charge is 0.395 e. The second kappa shape index (κ2) is 9.83. The van der Waals surface area contributed by atoms with Gasteiger partial charge in [-0.15, -0.1) is 0 Å². The summed E-state index contributed by atoms with van der Waals surface area (Å²) in [6.45, 7) is 2.57. The van der Waals surface area contributed by atoms with Gasteiger partial charge in [-0.1, -0.05) is 0 Å². The zero-order chi connectivity index (χ0) is 18.1. The summed E-state index contributed by atoms with van der Waals surface area (Å²) in [5.74, 6) is -0.456. The second-order valence-corrected chi connectivity index (χ2v) is 5.66. The first kappa shape index (κ1) is 19.0. The molecule has 0 radical (unpaired) electrons. The lowest BCUT2D eigenvalue weighted by Gasteiger charge is -2.20. The summed E-state index contributed by atoms with van der Waals surface area (Å²) in [7, 11) is 0. The van der Waals surface area contributed by atoms with Crippen molar-refractivity contribution in [3.8, 4) is 0 Å². The van der Waals surface area contributed by atoms with Crippen molar-refractivity contribution in [2.45, 2.75) is 6.42 Å². The molecule has 1 aliphatic carbocycles. The maximum absolute atomic E-state index is 11.7. The van der Waals surface area contributed by atoms with Crippen LogP contribution in [0.3, 0.4) is 0 Å². The van der Waals surface area contributed by atoms with Crippen molar-refractivity contribution in [3.63, 3.8) is 0 Å². The molecule has 0 heterocycles. The van der Waals surface area contributed by atoms with E-state index in [1.165, 1.54) is 12.2 Å². The number of nitrogens with one attached hydrogen (secondary N) is 1. The number of rotatable bonds is 9. The predicted molar refractivity (Wildman–Crippen MR) is 96.4 cm³/mol. The summed E-state index contributed by atoms with van der Waals surface area (Å²) < 4.78 is 0. The third-order valence-corrected chi connectivity index (χ3v) is 3.75. The topological polar surface area (TPSA) is 102 Å². The number of carbonyl (C=O) groups excluding carboxylic acids is 2. The average Bonchev–Trinajstić information content (AvgIpc) is 2.59. The fraction of sp³-hybridized carbons (Fsp3) is 0.389. The van der Waals surface area contributed by atoms with Crippen molar-refractivity contribution in [2.24, 2.45) is 4.99 Å². The van der Waals surface area contributed by atoms with Crippen molar-refractivity contribution < 1.29 is 19.8 Å². The Kier molecular flexibility index (Phi) is 7.46. The summed E-state index contributed by atoms with van der Waals surface area (Å²) in [5.41, 5.74) is 1.86. The number of carbonyl (C=O) groups is 2. The number of aliphatic hydroxyl groups is 2. The molecular weight excluding hydrogens is 322 g/mol. The molecule has 3 N–H and O–H groups in total. The normalized spacial score (nSPS) is 16.0. The smallest absolute Gasteiger partial charge is 0.188 e. The monoisotopic (exact) mass is 345 g/mol. The standard InChI is InChI=1S/C18H23N3O4/c22-11-9-21(10-12-23)8-7-19-14-1-3-15(4-2-14)20-17-6-5-16(24)13-18(17)25/h1-6,19,22-23H,7-13H2. The van der Waals surface area contributed by atoms with Crippen LogP contribution in [-0.2, 0) is 9.59 Å². The molecule has 0 atom stereocenters. The van der Waals surface area contributed by atoms with E-state index in [1.807, 2.05) is 17.0 Å². The zero-order valence-corrected chi connectivity index (χ0v) is 14.0. The first-order valence-corrected chi connectivity index (χ1v) is 8.23. The number of aliphatic hydroxyl groups excluding tert-OH is 2. The molecule has 0 unspecified atom stereocenters. The van der Waals surface area contributed by atoms with Crippen molar-refractivity contribution in [1.29, 1.82) is 0 Å². The van der Waals surface area contributed by atoms with Crippen LogP contribution in [0, 0.1) is 0 Å². The number of anilines is 1. The summed E-state index contributed by atoms with van der Waals surface area (Å²) >= 11 is 0. The molecule has 134 valence electrons. The van der Waals surface area contributed by atoms with E-state index in [0.717, 1.165) is 5.69 Å². The van der Waals surface area contributed by atoms with E-state index >= 15 is 0 Å². The molecule has 1 aromatic carbocycles. The number of hydrogen-bond acceptors (Lipinski definition) is 7. The van der Waals surface area contributed by atoms with Crippen LogP contribution in [0.2, 0.25) is 0 Å². The summed E-state index contributed by atoms with van der Waals surface area (Å²) in [4.78, 5) is 29.1. The third-order valence-electron chi connectivity index (χ3n) is 3.75. The zero-order valence-electron chi connectivity index (χ0n) is 14.0. The number of hydrogen-bond donors (Lipinski definition) is 3. The highest BCUT2D eigenvalue weighted by molar-refractivity contribution is 6.49. The van der Waals surface area contributed by atoms with Gasteiger partial charge in [0.15, 0.2) is 11.6 Å². The molecule has 1 aromatic rings.